The van der Waals surface area contributed by atoms with Gasteiger partial charge in [0.1, 0.15) is 20.6 Å². The summed E-state index contributed by atoms with van der Waals surface area (Å²) in [6.07, 6.45) is 0.398. The molecule has 0 saturated carbocycles. The molecule has 1 saturated heterocycles. The molecule has 0 aromatic heterocycles. The van der Waals surface area contributed by atoms with Gasteiger partial charge in [-0.3, -0.25) is 9.59 Å². The lowest BCUT2D eigenvalue weighted by molar-refractivity contribution is -0.162. The summed E-state index contributed by atoms with van der Waals surface area (Å²) in [4.78, 5) is 21.4. The van der Waals surface area contributed by atoms with Crippen molar-refractivity contribution in [3.63, 3.8) is 0 Å². The molecule has 1 aliphatic rings. The van der Waals surface area contributed by atoms with Gasteiger partial charge in [-0.2, -0.15) is 0 Å². The number of carbonyl (C=O) groups excluding carboxylic acids is 2. The number of rotatable bonds is 3. The highest BCUT2D eigenvalue weighted by Crippen LogP contribution is 2.21. The van der Waals surface area contributed by atoms with Crippen LogP contribution >= 0.6 is 0 Å². The second-order valence-electron chi connectivity index (χ2n) is 3.80. The van der Waals surface area contributed by atoms with Gasteiger partial charge in [0.25, 0.3) is 0 Å². The lowest BCUT2D eigenvalue weighted by Crippen LogP contribution is -2.40. The van der Waals surface area contributed by atoms with Crippen LogP contribution in [-0.4, -0.2) is 44.6 Å². The minimum atomic E-state index is -0.487. The van der Waals surface area contributed by atoms with Crippen molar-refractivity contribution in [1.29, 1.82) is 0 Å². The summed E-state index contributed by atoms with van der Waals surface area (Å²) in [7, 11) is 5.64. The zero-order valence-electron chi connectivity index (χ0n) is 9.47. The SMILES string of the molecule is [B][C@@H]1C[C@@H](OC(C)=O)C[C@@H](COC(C)=O)O1. The minimum absolute atomic E-state index is 0.140. The summed E-state index contributed by atoms with van der Waals surface area (Å²) in [5, 5.41) is 0. The molecule has 3 atom stereocenters. The fourth-order valence-corrected chi connectivity index (χ4v) is 1.66. The second-order valence-corrected chi connectivity index (χ2v) is 3.80. The molecule has 0 aromatic carbocycles. The van der Waals surface area contributed by atoms with Crippen molar-refractivity contribution in [1.82, 2.24) is 0 Å². The molecule has 0 unspecified atom stereocenters. The molecule has 0 amide bonds. The molecule has 2 radical (unpaired) electrons. The van der Waals surface area contributed by atoms with Gasteiger partial charge in [0, 0.05) is 32.7 Å². The van der Waals surface area contributed by atoms with Crippen LogP contribution in [0.4, 0.5) is 0 Å². The van der Waals surface area contributed by atoms with Crippen LogP contribution in [0.15, 0.2) is 0 Å². The van der Waals surface area contributed by atoms with Crippen molar-refractivity contribution in [3.05, 3.63) is 0 Å². The molecule has 6 heteroatoms. The molecular weight excluding hydrogens is 211 g/mol. The van der Waals surface area contributed by atoms with E-state index in [9.17, 15) is 9.59 Å². The Bertz CT molecular complexity index is 268. The highest BCUT2D eigenvalue weighted by Gasteiger charge is 2.29. The molecule has 0 aliphatic carbocycles. The van der Waals surface area contributed by atoms with Crippen molar-refractivity contribution in [2.75, 3.05) is 6.61 Å². The Hall–Kier alpha value is -1.04. The van der Waals surface area contributed by atoms with Gasteiger partial charge in [-0.15, -0.1) is 0 Å². The van der Waals surface area contributed by atoms with Gasteiger partial charge in [0.2, 0.25) is 0 Å². The van der Waals surface area contributed by atoms with Crippen molar-refractivity contribution >= 4 is 19.8 Å². The fourth-order valence-electron chi connectivity index (χ4n) is 1.66. The van der Waals surface area contributed by atoms with Gasteiger partial charge in [-0.05, 0) is 0 Å². The van der Waals surface area contributed by atoms with Crippen LogP contribution < -0.4 is 0 Å². The topological polar surface area (TPSA) is 61.8 Å². The van der Waals surface area contributed by atoms with Crippen LogP contribution in [0.5, 0.6) is 0 Å². The minimum Gasteiger partial charge on any atom is -0.463 e. The normalized spacial score (nSPS) is 29.5. The molecule has 0 spiro atoms. The number of ether oxygens (including phenoxy) is 3. The van der Waals surface area contributed by atoms with Gasteiger partial charge in [0.05, 0.1) is 6.10 Å². The van der Waals surface area contributed by atoms with Crippen molar-refractivity contribution in [3.8, 4) is 0 Å². The van der Waals surface area contributed by atoms with Crippen LogP contribution in [0.1, 0.15) is 26.7 Å². The van der Waals surface area contributed by atoms with Crippen molar-refractivity contribution in [2.45, 2.75) is 44.9 Å². The lowest BCUT2D eigenvalue weighted by Gasteiger charge is -2.33. The summed E-state index contributed by atoms with van der Waals surface area (Å²) in [6.45, 7) is 2.81. The maximum Gasteiger partial charge on any atom is 0.302 e. The van der Waals surface area contributed by atoms with Gasteiger partial charge in [-0.1, -0.05) is 0 Å². The van der Waals surface area contributed by atoms with Gasteiger partial charge < -0.3 is 14.2 Å². The van der Waals surface area contributed by atoms with Gasteiger partial charge in [-0.25, -0.2) is 0 Å². The maximum atomic E-state index is 10.8. The first kappa shape index (κ1) is 13.0. The third kappa shape index (κ3) is 4.66. The van der Waals surface area contributed by atoms with E-state index in [1.54, 1.807) is 0 Å². The van der Waals surface area contributed by atoms with Crippen LogP contribution in [0, 0.1) is 0 Å². The van der Waals surface area contributed by atoms with Gasteiger partial charge >= 0.3 is 11.9 Å². The Morgan fingerprint density at radius 3 is 2.56 bits per heavy atom. The molecule has 1 aliphatic heterocycles. The summed E-state index contributed by atoms with van der Waals surface area (Å²) in [5.41, 5.74) is 0. The molecule has 5 nitrogen and oxygen atoms in total. The van der Waals surface area contributed by atoms with E-state index in [-0.39, 0.29) is 30.8 Å². The first-order valence-electron chi connectivity index (χ1n) is 5.19. The first-order valence-corrected chi connectivity index (χ1v) is 5.19. The molecule has 16 heavy (non-hydrogen) atoms. The molecule has 0 aromatic rings. The van der Waals surface area contributed by atoms with Crippen molar-refractivity contribution in [2.24, 2.45) is 0 Å². The summed E-state index contributed by atoms with van der Waals surface area (Å²) < 4.78 is 15.2. The highest BCUT2D eigenvalue weighted by molar-refractivity contribution is 6.11. The number of hydrogen-bond donors (Lipinski definition) is 0. The van der Waals surface area contributed by atoms with Crippen LogP contribution in [0.3, 0.4) is 0 Å². The lowest BCUT2D eigenvalue weighted by atomic mass is 9.89. The highest BCUT2D eigenvalue weighted by atomic mass is 16.6. The zero-order valence-corrected chi connectivity index (χ0v) is 9.47. The predicted molar refractivity (Wildman–Crippen MR) is 55.8 cm³/mol. The Morgan fingerprint density at radius 2 is 2.00 bits per heavy atom. The predicted octanol–water partition coefficient (Wildman–Crippen LogP) is 0.155. The van der Waals surface area contributed by atoms with Crippen LogP contribution in [-0.2, 0) is 23.8 Å². The van der Waals surface area contributed by atoms with E-state index in [0.29, 0.717) is 12.8 Å². The number of carbonyl (C=O) groups is 2. The largest absolute Gasteiger partial charge is 0.463 e. The summed E-state index contributed by atoms with van der Waals surface area (Å²) in [6, 6.07) is -0.487. The standard InChI is InChI=1S/C10H15BO5/c1-6(12)14-5-9-3-8(15-7(2)13)4-10(11)16-9/h8-10H,3-5H2,1-2H3/t8-,9-,10-/m0/s1. The molecule has 1 fully saturated rings. The van der Waals surface area contributed by atoms with Crippen molar-refractivity contribution < 1.29 is 23.8 Å². The molecule has 88 valence electrons. The number of hydrogen-bond acceptors (Lipinski definition) is 5. The van der Waals surface area contributed by atoms with E-state index >= 15 is 0 Å². The summed E-state index contributed by atoms with van der Waals surface area (Å²) >= 11 is 0. The van der Waals surface area contributed by atoms with E-state index in [2.05, 4.69) is 0 Å². The van der Waals surface area contributed by atoms with E-state index in [1.807, 2.05) is 0 Å². The van der Waals surface area contributed by atoms with Gasteiger partial charge in [0.15, 0.2) is 0 Å². The third-order valence-corrected chi connectivity index (χ3v) is 2.19. The Labute approximate surface area is 95.8 Å². The Kier molecular flexibility index (Phi) is 4.80. The second kappa shape index (κ2) is 5.89. The summed E-state index contributed by atoms with van der Waals surface area (Å²) in [5.74, 6) is -0.711. The molecule has 1 heterocycles. The molecule has 0 bridgehead atoms. The molecule has 1 rings (SSSR count). The molecular formula is C10H15BO5. The zero-order chi connectivity index (χ0) is 12.1. The first-order chi connectivity index (χ1) is 7.47. The van der Waals surface area contributed by atoms with Crippen LogP contribution in [0.2, 0.25) is 0 Å². The van der Waals surface area contributed by atoms with E-state index < -0.39 is 6.00 Å². The molecule has 0 N–H and O–H groups in total. The Balaban J connectivity index is 2.40. The monoisotopic (exact) mass is 226 g/mol. The maximum absolute atomic E-state index is 10.8. The van der Waals surface area contributed by atoms with E-state index in [1.165, 1.54) is 13.8 Å². The van der Waals surface area contributed by atoms with Crippen LogP contribution in [0.25, 0.3) is 0 Å². The number of esters is 2. The Morgan fingerprint density at radius 1 is 1.31 bits per heavy atom. The average Bonchev–Trinajstić information content (AvgIpc) is 2.12. The fraction of sp³-hybridized carbons (Fsp3) is 0.800. The smallest absolute Gasteiger partial charge is 0.302 e. The average molecular weight is 226 g/mol. The quantitative estimate of drug-likeness (QED) is 0.506. The van der Waals surface area contributed by atoms with E-state index in [0.717, 1.165) is 0 Å². The third-order valence-electron chi connectivity index (χ3n) is 2.19. The van der Waals surface area contributed by atoms with E-state index in [4.69, 9.17) is 22.1 Å².